The summed E-state index contributed by atoms with van der Waals surface area (Å²) >= 11 is 0. The fraction of sp³-hybridized carbons (Fsp3) is 0.581. The molecular weight excluding hydrogens is 554 g/mol. The lowest BCUT2D eigenvalue weighted by molar-refractivity contribution is -0.100. The number of fused-ring (bicyclic) bond motifs is 1. The molecule has 2 saturated heterocycles. The number of anilines is 2. The number of rotatable bonds is 9. The number of likely N-dealkylation sites (tertiary alicyclic amines) is 1. The number of ether oxygens (including phenoxy) is 1. The van der Waals surface area contributed by atoms with Crippen LogP contribution in [0.1, 0.15) is 77.7 Å². The van der Waals surface area contributed by atoms with Crippen molar-refractivity contribution in [1.29, 1.82) is 0 Å². The Morgan fingerprint density at radius 2 is 1.98 bits per heavy atom. The number of amides is 1. The van der Waals surface area contributed by atoms with E-state index in [4.69, 9.17) is 14.7 Å². The summed E-state index contributed by atoms with van der Waals surface area (Å²) in [6.45, 7) is 6.91. The Balaban J connectivity index is 1.20. The van der Waals surface area contributed by atoms with E-state index in [2.05, 4.69) is 21.6 Å². The molecule has 10 nitrogen and oxygen atoms in total. The van der Waals surface area contributed by atoms with E-state index in [1.54, 1.807) is 18.2 Å². The first-order valence-corrected chi connectivity index (χ1v) is 15.3. The van der Waals surface area contributed by atoms with Crippen molar-refractivity contribution in [2.24, 2.45) is 13.0 Å². The van der Waals surface area contributed by atoms with E-state index >= 15 is 0 Å². The van der Waals surface area contributed by atoms with Crippen LogP contribution in [0.3, 0.4) is 0 Å². The number of carbonyl (C=O) groups excluding carboxylic acids is 1. The molecule has 0 spiro atoms. The van der Waals surface area contributed by atoms with Crippen LogP contribution in [-0.4, -0.2) is 74.3 Å². The number of hydrogen-bond donors (Lipinski definition) is 1. The van der Waals surface area contributed by atoms with Gasteiger partial charge in [0.1, 0.15) is 23.8 Å². The summed E-state index contributed by atoms with van der Waals surface area (Å²) in [6, 6.07) is 5.95. The van der Waals surface area contributed by atoms with Gasteiger partial charge in [0.2, 0.25) is 0 Å². The maximum absolute atomic E-state index is 14.1. The van der Waals surface area contributed by atoms with Crippen LogP contribution in [-0.2, 0) is 36.7 Å². The van der Waals surface area contributed by atoms with E-state index in [9.17, 15) is 13.6 Å². The number of hydrogen-bond acceptors (Lipinski definition) is 8. The molecule has 0 bridgehead atoms. The summed E-state index contributed by atoms with van der Waals surface area (Å²) in [7, 11) is 1.94. The smallest absolute Gasteiger partial charge is 0.260 e. The molecule has 1 N–H and O–H groups in total. The van der Waals surface area contributed by atoms with Gasteiger partial charge in [-0.2, -0.15) is 0 Å². The van der Waals surface area contributed by atoms with E-state index < -0.39 is 11.8 Å². The van der Waals surface area contributed by atoms with Gasteiger partial charge >= 0.3 is 0 Å². The SMILES string of the molecule is CCNc1cc(C2(Cc3nncn3C)COC2)cc(N2Cc3c(cc(CN4CCC(F)(F)C(C)C4)nc3C3CC3)C2=O)n1. The minimum atomic E-state index is -2.64. The zero-order valence-electron chi connectivity index (χ0n) is 24.9. The molecular formula is C31H38F2N8O2. The largest absolute Gasteiger partial charge is 0.379 e. The van der Waals surface area contributed by atoms with Crippen molar-refractivity contribution in [2.45, 2.75) is 69.9 Å². The Kier molecular flexibility index (Phi) is 6.96. The number of nitrogens with zero attached hydrogens (tertiary/aromatic N) is 7. The van der Waals surface area contributed by atoms with Gasteiger partial charge in [0.25, 0.3) is 11.8 Å². The Hall–Kier alpha value is -3.51. The normalized spacial score (nSPS) is 22.9. The molecule has 3 fully saturated rings. The summed E-state index contributed by atoms with van der Waals surface area (Å²) in [5, 5.41) is 11.7. The zero-order valence-corrected chi connectivity index (χ0v) is 24.9. The summed E-state index contributed by atoms with van der Waals surface area (Å²) in [6.07, 6.45) is 4.30. The van der Waals surface area contributed by atoms with Gasteiger partial charge in [-0.3, -0.25) is 19.6 Å². The highest BCUT2D eigenvalue weighted by Gasteiger charge is 2.44. The molecule has 1 unspecified atom stereocenters. The summed E-state index contributed by atoms with van der Waals surface area (Å²) < 4.78 is 35.9. The Bertz CT molecular complexity index is 1550. The predicted octanol–water partition coefficient (Wildman–Crippen LogP) is 4.06. The third-order valence-electron chi connectivity index (χ3n) is 9.48. The van der Waals surface area contributed by atoms with Crippen molar-refractivity contribution >= 4 is 17.5 Å². The molecule has 7 rings (SSSR count). The molecule has 4 aliphatic rings. The van der Waals surface area contributed by atoms with Crippen molar-refractivity contribution in [1.82, 2.24) is 29.6 Å². The number of pyridine rings is 2. The van der Waals surface area contributed by atoms with Crippen LogP contribution in [0.4, 0.5) is 20.4 Å². The van der Waals surface area contributed by atoms with Gasteiger partial charge in [-0.25, -0.2) is 13.8 Å². The van der Waals surface area contributed by atoms with Crippen molar-refractivity contribution in [3.05, 3.63) is 58.4 Å². The van der Waals surface area contributed by atoms with Crippen LogP contribution in [0.5, 0.6) is 0 Å². The van der Waals surface area contributed by atoms with Gasteiger partial charge in [-0.05, 0) is 43.5 Å². The zero-order chi connectivity index (χ0) is 29.9. The fourth-order valence-corrected chi connectivity index (χ4v) is 6.60. The second-order valence-electron chi connectivity index (χ2n) is 12.8. The topological polar surface area (TPSA) is 101 Å². The van der Waals surface area contributed by atoms with E-state index in [1.165, 1.54) is 0 Å². The van der Waals surface area contributed by atoms with Crippen LogP contribution in [0.25, 0.3) is 0 Å². The Morgan fingerprint density at radius 3 is 2.63 bits per heavy atom. The predicted molar refractivity (Wildman–Crippen MR) is 156 cm³/mol. The molecule has 0 radical (unpaired) electrons. The lowest BCUT2D eigenvalue weighted by atomic mass is 9.75. The Labute approximate surface area is 249 Å². The number of piperidine rings is 1. The highest BCUT2D eigenvalue weighted by atomic mass is 19.3. The molecule has 1 aliphatic carbocycles. The first-order valence-electron chi connectivity index (χ1n) is 15.3. The number of carbonyl (C=O) groups is 1. The van der Waals surface area contributed by atoms with Crippen molar-refractivity contribution in [3.63, 3.8) is 0 Å². The number of halogens is 2. The second kappa shape index (κ2) is 10.6. The average Bonchev–Trinajstić information content (AvgIpc) is 3.64. The lowest BCUT2D eigenvalue weighted by Gasteiger charge is -2.42. The van der Waals surface area contributed by atoms with E-state index in [0.717, 1.165) is 41.2 Å². The maximum atomic E-state index is 14.1. The number of nitrogens with one attached hydrogen (secondary N) is 1. The van der Waals surface area contributed by atoms with E-state index in [1.807, 2.05) is 35.6 Å². The van der Waals surface area contributed by atoms with Crippen molar-refractivity contribution in [3.8, 4) is 0 Å². The molecule has 3 aliphatic heterocycles. The summed E-state index contributed by atoms with van der Waals surface area (Å²) in [5.74, 6) is -0.936. The second-order valence-corrected chi connectivity index (χ2v) is 12.8. The third-order valence-corrected chi connectivity index (χ3v) is 9.48. The molecule has 0 aromatic carbocycles. The van der Waals surface area contributed by atoms with Gasteiger partial charge in [0.15, 0.2) is 0 Å². The standard InChI is InChI=1S/C31H38F2N8O2/c1-4-34-25-9-21(30(16-43-17-30)12-27-38-35-18-39(27)3)10-26(37-25)41-15-24-23(29(41)42)11-22(36-28(24)20-5-6-20)14-40-8-7-31(32,33)19(2)13-40/h9-11,18-20H,4-8,12-17H2,1-3H3,(H,34,37). The number of aromatic nitrogens is 5. The van der Waals surface area contributed by atoms with Gasteiger partial charge in [-0.15, -0.1) is 10.2 Å². The van der Waals surface area contributed by atoms with Crippen LogP contribution in [0, 0.1) is 5.92 Å². The highest BCUT2D eigenvalue weighted by Crippen LogP contribution is 2.45. The minimum Gasteiger partial charge on any atom is -0.379 e. The molecule has 3 aromatic heterocycles. The van der Waals surface area contributed by atoms with Crippen LogP contribution in [0.15, 0.2) is 24.5 Å². The molecule has 228 valence electrons. The molecule has 43 heavy (non-hydrogen) atoms. The molecule has 1 saturated carbocycles. The Morgan fingerprint density at radius 1 is 1.16 bits per heavy atom. The quantitative estimate of drug-likeness (QED) is 0.397. The van der Waals surface area contributed by atoms with Gasteiger partial charge < -0.3 is 14.6 Å². The highest BCUT2D eigenvalue weighted by molar-refractivity contribution is 6.10. The molecule has 1 atom stereocenters. The van der Waals surface area contributed by atoms with Gasteiger partial charge in [-0.1, -0.05) is 6.92 Å². The summed E-state index contributed by atoms with van der Waals surface area (Å²) in [5.41, 5.74) is 4.12. The third kappa shape index (κ3) is 5.18. The molecule has 12 heteroatoms. The first-order chi connectivity index (χ1) is 20.7. The van der Waals surface area contributed by atoms with Crippen molar-refractivity contribution in [2.75, 3.05) is 43.1 Å². The van der Waals surface area contributed by atoms with E-state index in [0.29, 0.717) is 75.5 Å². The van der Waals surface area contributed by atoms with Crippen LogP contribution in [0.2, 0.25) is 0 Å². The van der Waals surface area contributed by atoms with Crippen molar-refractivity contribution < 1.29 is 18.3 Å². The first kappa shape index (κ1) is 28.3. The number of alkyl halides is 2. The fourth-order valence-electron chi connectivity index (χ4n) is 6.60. The number of aryl methyl sites for hydroxylation is 1. The lowest BCUT2D eigenvalue weighted by Crippen LogP contribution is -2.49. The monoisotopic (exact) mass is 592 g/mol. The average molecular weight is 593 g/mol. The minimum absolute atomic E-state index is 0.0987. The van der Waals surface area contributed by atoms with Gasteiger partial charge in [0.05, 0.1) is 25.5 Å². The molecule has 1 amide bonds. The summed E-state index contributed by atoms with van der Waals surface area (Å²) in [4.78, 5) is 27.8. The van der Waals surface area contributed by atoms with E-state index in [-0.39, 0.29) is 17.7 Å². The molecule has 6 heterocycles. The van der Waals surface area contributed by atoms with Crippen LogP contribution < -0.4 is 10.2 Å². The van der Waals surface area contributed by atoms with Gasteiger partial charge in [0, 0.05) is 80.1 Å². The van der Waals surface area contributed by atoms with Crippen LogP contribution >= 0.6 is 0 Å². The maximum Gasteiger partial charge on any atom is 0.260 e. The molecule has 3 aromatic rings.